The first kappa shape index (κ1) is 18.8. The Bertz CT molecular complexity index is 715. The van der Waals surface area contributed by atoms with Crippen molar-refractivity contribution in [1.29, 1.82) is 0 Å². The van der Waals surface area contributed by atoms with E-state index in [1.807, 2.05) is 0 Å². The summed E-state index contributed by atoms with van der Waals surface area (Å²) in [6, 6.07) is 4.97. The van der Waals surface area contributed by atoms with Gasteiger partial charge in [0.2, 0.25) is 0 Å². The van der Waals surface area contributed by atoms with Crippen LogP contribution in [0.15, 0.2) is 18.2 Å². The Hall–Kier alpha value is -2.97. The highest BCUT2D eigenvalue weighted by molar-refractivity contribution is 6.39. The van der Waals surface area contributed by atoms with E-state index in [-0.39, 0.29) is 12.0 Å². The average molecular weight is 377 g/mol. The lowest BCUT2D eigenvalue weighted by atomic mass is 9.97. The predicted molar refractivity (Wildman–Crippen MR) is 95.8 cm³/mol. The smallest absolute Gasteiger partial charge is 0.409 e. The first-order chi connectivity index (χ1) is 13.1. The monoisotopic (exact) mass is 377 g/mol. The van der Waals surface area contributed by atoms with Gasteiger partial charge in [-0.05, 0) is 30.9 Å². The van der Waals surface area contributed by atoms with Crippen LogP contribution in [0, 0.1) is 5.92 Å². The van der Waals surface area contributed by atoms with Crippen LogP contribution >= 0.6 is 0 Å². The fraction of sp³-hybridized carbons (Fsp3) is 0.500. The molecule has 2 aliphatic rings. The van der Waals surface area contributed by atoms with Crippen molar-refractivity contribution in [3.8, 4) is 11.5 Å². The minimum Gasteiger partial charge on any atom is -0.486 e. The molecular formula is C18H23N3O6. The average Bonchev–Trinajstić information content (AvgIpc) is 2.71. The number of benzene rings is 1. The second kappa shape index (κ2) is 8.61. The van der Waals surface area contributed by atoms with Gasteiger partial charge in [-0.1, -0.05) is 0 Å². The van der Waals surface area contributed by atoms with Crippen LogP contribution in [0.5, 0.6) is 11.5 Å². The maximum absolute atomic E-state index is 12.1. The predicted octanol–water partition coefficient (Wildman–Crippen LogP) is 0.991. The zero-order chi connectivity index (χ0) is 19.2. The number of hydrogen-bond acceptors (Lipinski definition) is 6. The molecule has 0 aromatic heterocycles. The molecule has 0 radical (unpaired) electrons. The highest BCUT2D eigenvalue weighted by Gasteiger charge is 2.24. The molecule has 2 N–H and O–H groups in total. The van der Waals surface area contributed by atoms with Gasteiger partial charge in [-0.3, -0.25) is 9.59 Å². The van der Waals surface area contributed by atoms with E-state index in [9.17, 15) is 14.4 Å². The van der Waals surface area contributed by atoms with E-state index in [0.717, 1.165) is 12.8 Å². The maximum Gasteiger partial charge on any atom is 0.409 e. The number of hydrogen-bond donors (Lipinski definition) is 2. The van der Waals surface area contributed by atoms with Crippen molar-refractivity contribution in [1.82, 2.24) is 10.2 Å². The first-order valence-electron chi connectivity index (χ1n) is 8.88. The molecule has 3 amide bonds. The molecule has 9 heteroatoms. The SMILES string of the molecule is COC(=O)N1CCC(CNC(=O)C(=O)Nc2ccc3c(c2)OCCO3)CC1. The molecule has 1 aromatic carbocycles. The van der Waals surface area contributed by atoms with Crippen LogP contribution in [0.2, 0.25) is 0 Å². The lowest BCUT2D eigenvalue weighted by Gasteiger charge is -2.30. The Morgan fingerprint density at radius 1 is 1.11 bits per heavy atom. The number of fused-ring (bicyclic) bond motifs is 1. The molecule has 1 fully saturated rings. The van der Waals surface area contributed by atoms with Gasteiger partial charge in [0, 0.05) is 31.4 Å². The fourth-order valence-electron chi connectivity index (χ4n) is 3.08. The van der Waals surface area contributed by atoms with Gasteiger partial charge < -0.3 is 29.7 Å². The van der Waals surface area contributed by atoms with Gasteiger partial charge in [-0.2, -0.15) is 0 Å². The second-order valence-corrected chi connectivity index (χ2v) is 6.42. The molecule has 27 heavy (non-hydrogen) atoms. The molecular weight excluding hydrogens is 354 g/mol. The van der Waals surface area contributed by atoms with E-state index in [1.165, 1.54) is 7.11 Å². The number of ether oxygens (including phenoxy) is 3. The van der Waals surface area contributed by atoms with Crippen molar-refractivity contribution in [3.05, 3.63) is 18.2 Å². The third kappa shape index (κ3) is 4.81. The zero-order valence-corrected chi connectivity index (χ0v) is 15.2. The molecule has 146 valence electrons. The summed E-state index contributed by atoms with van der Waals surface area (Å²) in [4.78, 5) is 37.2. The van der Waals surface area contributed by atoms with Crippen molar-refractivity contribution in [2.45, 2.75) is 12.8 Å². The van der Waals surface area contributed by atoms with E-state index in [1.54, 1.807) is 23.1 Å². The van der Waals surface area contributed by atoms with E-state index in [2.05, 4.69) is 10.6 Å². The minimum absolute atomic E-state index is 0.219. The van der Waals surface area contributed by atoms with Crippen molar-refractivity contribution < 1.29 is 28.6 Å². The number of likely N-dealkylation sites (tertiary alicyclic amines) is 1. The molecule has 3 rings (SSSR count). The van der Waals surface area contributed by atoms with Crippen LogP contribution in [-0.2, 0) is 14.3 Å². The van der Waals surface area contributed by atoms with E-state index in [0.29, 0.717) is 50.0 Å². The summed E-state index contributed by atoms with van der Waals surface area (Å²) in [5, 5.41) is 5.20. The largest absolute Gasteiger partial charge is 0.486 e. The lowest BCUT2D eigenvalue weighted by molar-refractivity contribution is -0.136. The van der Waals surface area contributed by atoms with Crippen molar-refractivity contribution in [3.63, 3.8) is 0 Å². The molecule has 0 saturated carbocycles. The highest BCUT2D eigenvalue weighted by Crippen LogP contribution is 2.32. The number of carbonyl (C=O) groups excluding carboxylic acids is 3. The maximum atomic E-state index is 12.1. The topological polar surface area (TPSA) is 106 Å². The van der Waals surface area contributed by atoms with Crippen molar-refractivity contribution in [2.75, 3.05) is 45.3 Å². The first-order valence-corrected chi connectivity index (χ1v) is 8.88. The molecule has 0 unspecified atom stereocenters. The number of piperidine rings is 1. The van der Waals surface area contributed by atoms with Gasteiger partial charge in [-0.15, -0.1) is 0 Å². The Kier molecular flexibility index (Phi) is 6.00. The Morgan fingerprint density at radius 3 is 2.52 bits per heavy atom. The number of carbonyl (C=O) groups is 3. The van der Waals surface area contributed by atoms with Crippen molar-refractivity contribution >= 4 is 23.6 Å². The quantitative estimate of drug-likeness (QED) is 0.761. The Balaban J connectivity index is 1.43. The summed E-state index contributed by atoms with van der Waals surface area (Å²) in [5.74, 6) is -0.0604. The summed E-state index contributed by atoms with van der Waals surface area (Å²) in [7, 11) is 1.36. The van der Waals surface area contributed by atoms with Gasteiger partial charge in [0.1, 0.15) is 13.2 Å². The van der Waals surface area contributed by atoms with Gasteiger partial charge in [0.25, 0.3) is 0 Å². The molecule has 2 aliphatic heterocycles. The Morgan fingerprint density at radius 2 is 1.81 bits per heavy atom. The minimum atomic E-state index is -0.737. The lowest BCUT2D eigenvalue weighted by Crippen LogP contribution is -2.43. The van der Waals surface area contributed by atoms with E-state index < -0.39 is 11.8 Å². The molecule has 0 bridgehead atoms. The van der Waals surface area contributed by atoms with Crippen LogP contribution in [0.3, 0.4) is 0 Å². The number of nitrogens with zero attached hydrogens (tertiary/aromatic N) is 1. The summed E-state index contributed by atoms with van der Waals surface area (Å²) < 4.78 is 15.6. The number of rotatable bonds is 3. The Labute approximate surface area is 156 Å². The molecule has 1 saturated heterocycles. The summed E-state index contributed by atoms with van der Waals surface area (Å²) >= 11 is 0. The molecule has 0 aliphatic carbocycles. The summed E-state index contributed by atoms with van der Waals surface area (Å²) in [6.07, 6.45) is 1.16. The zero-order valence-electron chi connectivity index (χ0n) is 15.2. The van der Waals surface area contributed by atoms with Crippen LogP contribution < -0.4 is 20.1 Å². The standard InChI is InChI=1S/C18H23N3O6/c1-25-18(24)21-6-4-12(5-7-21)11-19-16(22)17(23)20-13-2-3-14-15(10-13)27-9-8-26-14/h2-3,10,12H,4-9,11H2,1H3,(H,19,22)(H,20,23). The van der Waals surface area contributed by atoms with Gasteiger partial charge in [0.05, 0.1) is 7.11 Å². The molecule has 1 aromatic rings. The number of anilines is 1. The van der Waals surface area contributed by atoms with E-state index in [4.69, 9.17) is 14.2 Å². The van der Waals surface area contributed by atoms with Gasteiger partial charge in [0.15, 0.2) is 11.5 Å². The second-order valence-electron chi connectivity index (χ2n) is 6.42. The summed E-state index contributed by atoms with van der Waals surface area (Å²) in [5.41, 5.74) is 0.464. The third-order valence-corrected chi connectivity index (χ3v) is 4.60. The van der Waals surface area contributed by atoms with Gasteiger partial charge >= 0.3 is 17.9 Å². The molecule has 2 heterocycles. The van der Waals surface area contributed by atoms with Crippen LogP contribution in [0.25, 0.3) is 0 Å². The fourth-order valence-corrected chi connectivity index (χ4v) is 3.08. The molecule has 0 atom stereocenters. The number of amides is 3. The highest BCUT2D eigenvalue weighted by atomic mass is 16.6. The molecule has 9 nitrogen and oxygen atoms in total. The number of methoxy groups -OCH3 is 1. The summed E-state index contributed by atoms with van der Waals surface area (Å²) in [6.45, 7) is 2.48. The molecule has 0 spiro atoms. The number of nitrogens with one attached hydrogen (secondary N) is 2. The third-order valence-electron chi connectivity index (χ3n) is 4.60. The normalized spacial score (nSPS) is 16.4. The van der Waals surface area contributed by atoms with Gasteiger partial charge in [-0.25, -0.2) is 4.79 Å². The van der Waals surface area contributed by atoms with E-state index >= 15 is 0 Å². The van der Waals surface area contributed by atoms with Crippen molar-refractivity contribution in [2.24, 2.45) is 5.92 Å². The van der Waals surface area contributed by atoms with Crippen LogP contribution in [-0.4, -0.2) is 62.8 Å². The van der Waals surface area contributed by atoms with Crippen LogP contribution in [0.4, 0.5) is 10.5 Å². The van der Waals surface area contributed by atoms with Crippen LogP contribution in [0.1, 0.15) is 12.8 Å².